The molecule has 0 spiro atoms. The van der Waals surface area contributed by atoms with Gasteiger partial charge in [-0.05, 0) is 18.6 Å². The predicted molar refractivity (Wildman–Crippen MR) is 60.0 cm³/mol. The Labute approximate surface area is 91.2 Å². The molecule has 78 valence electrons. The number of hydrogen-bond donors (Lipinski definition) is 2. The molecule has 1 aromatic rings. The van der Waals surface area contributed by atoms with Crippen molar-refractivity contribution >= 4 is 29.8 Å². The summed E-state index contributed by atoms with van der Waals surface area (Å²) >= 11 is 6.30. The smallest absolute Gasteiger partial charge is 0.211 e. The Morgan fingerprint density at radius 3 is 2.86 bits per heavy atom. The van der Waals surface area contributed by atoms with Crippen LogP contribution in [0.15, 0.2) is 4.99 Å². The number of aliphatic hydroxyl groups is 1. The molecule has 0 saturated carbocycles. The first-order chi connectivity index (χ1) is 6.66. The third-order valence-electron chi connectivity index (χ3n) is 1.66. The highest BCUT2D eigenvalue weighted by molar-refractivity contribution is 7.73. The van der Waals surface area contributed by atoms with E-state index in [1.54, 1.807) is 13.3 Å². The van der Waals surface area contributed by atoms with Crippen molar-refractivity contribution in [3.63, 3.8) is 0 Å². The first-order valence-electron chi connectivity index (χ1n) is 4.16. The summed E-state index contributed by atoms with van der Waals surface area (Å²) < 4.78 is 2.15. The second-order valence-corrected chi connectivity index (χ2v) is 4.40. The lowest BCUT2D eigenvalue weighted by molar-refractivity contribution is 0.291. The minimum absolute atomic E-state index is 0.133. The number of aromatic hydroxyl groups is 1. The van der Waals surface area contributed by atoms with E-state index in [9.17, 15) is 5.11 Å². The van der Waals surface area contributed by atoms with Crippen LogP contribution in [-0.2, 0) is 7.05 Å². The normalized spacial score (nSPS) is 11.3. The summed E-state index contributed by atoms with van der Waals surface area (Å²) in [6.07, 6.45) is 2.22. The van der Waals surface area contributed by atoms with E-state index < -0.39 is 0 Å². The van der Waals surface area contributed by atoms with Crippen LogP contribution in [0.2, 0.25) is 0 Å². The predicted octanol–water partition coefficient (Wildman–Crippen LogP) is 1.32. The molecular formula is C8H12N2O2S2. The molecule has 2 N–H and O–H groups in total. The monoisotopic (exact) mass is 232 g/mol. The van der Waals surface area contributed by atoms with Crippen LogP contribution in [0, 0.1) is 3.95 Å². The molecule has 0 atom stereocenters. The summed E-state index contributed by atoms with van der Waals surface area (Å²) in [4.78, 5) is 4.71. The number of hydrogen-bond acceptors (Lipinski definition) is 5. The number of aliphatic hydroxyl groups excluding tert-OH is 1. The molecule has 0 aliphatic rings. The zero-order valence-electron chi connectivity index (χ0n) is 7.80. The van der Waals surface area contributed by atoms with Crippen molar-refractivity contribution < 1.29 is 10.2 Å². The number of nitrogens with zero attached hydrogens (tertiary/aromatic N) is 2. The van der Waals surface area contributed by atoms with Crippen LogP contribution in [0.4, 0.5) is 0 Å². The fraction of sp³-hybridized carbons (Fsp3) is 0.500. The summed E-state index contributed by atoms with van der Waals surface area (Å²) in [6, 6.07) is 0. The Morgan fingerprint density at radius 2 is 2.36 bits per heavy atom. The van der Waals surface area contributed by atoms with Gasteiger partial charge in [-0.3, -0.25) is 9.56 Å². The van der Waals surface area contributed by atoms with Gasteiger partial charge < -0.3 is 10.2 Å². The first-order valence-corrected chi connectivity index (χ1v) is 5.38. The van der Waals surface area contributed by atoms with E-state index in [0.717, 1.165) is 0 Å². The van der Waals surface area contributed by atoms with Gasteiger partial charge in [-0.2, -0.15) is 0 Å². The third-order valence-corrected chi connectivity index (χ3v) is 3.14. The Morgan fingerprint density at radius 1 is 1.64 bits per heavy atom. The third kappa shape index (κ3) is 2.63. The van der Waals surface area contributed by atoms with Gasteiger partial charge in [0.2, 0.25) is 5.88 Å². The molecule has 0 aromatic carbocycles. The molecule has 14 heavy (non-hydrogen) atoms. The van der Waals surface area contributed by atoms with Crippen LogP contribution < -0.4 is 0 Å². The summed E-state index contributed by atoms with van der Waals surface area (Å²) in [5.74, 6) is 0.146. The molecule has 0 bridgehead atoms. The van der Waals surface area contributed by atoms with Crippen LogP contribution >= 0.6 is 23.6 Å². The molecule has 0 saturated heterocycles. The molecule has 0 aliphatic heterocycles. The molecule has 0 fully saturated rings. The van der Waals surface area contributed by atoms with Gasteiger partial charge in [0.05, 0.1) is 0 Å². The van der Waals surface area contributed by atoms with Crippen LogP contribution in [-0.4, -0.2) is 34.1 Å². The Bertz CT molecular complexity index is 381. The van der Waals surface area contributed by atoms with Crippen LogP contribution in [0.25, 0.3) is 0 Å². The highest BCUT2D eigenvalue weighted by Crippen LogP contribution is 2.22. The molecule has 4 nitrogen and oxygen atoms in total. The largest absolute Gasteiger partial charge is 0.493 e. The van der Waals surface area contributed by atoms with Gasteiger partial charge >= 0.3 is 0 Å². The number of rotatable bonds is 4. The lowest BCUT2D eigenvalue weighted by Crippen LogP contribution is -1.89. The molecule has 1 aromatic heterocycles. The highest BCUT2D eigenvalue weighted by Gasteiger charge is 2.05. The second-order valence-electron chi connectivity index (χ2n) is 2.73. The highest BCUT2D eigenvalue weighted by atomic mass is 32.1. The maximum atomic E-state index is 9.54. The lowest BCUT2D eigenvalue weighted by atomic mass is 10.4. The summed E-state index contributed by atoms with van der Waals surface area (Å²) in [7, 11) is 1.71. The average Bonchev–Trinajstić information content (AvgIpc) is 2.41. The molecule has 1 heterocycles. The minimum Gasteiger partial charge on any atom is -0.493 e. The molecule has 0 amide bonds. The molecule has 0 radical (unpaired) electrons. The van der Waals surface area contributed by atoms with Crippen molar-refractivity contribution in [2.75, 3.05) is 13.2 Å². The van der Waals surface area contributed by atoms with E-state index in [0.29, 0.717) is 21.8 Å². The van der Waals surface area contributed by atoms with Crippen molar-refractivity contribution in [2.45, 2.75) is 6.42 Å². The summed E-state index contributed by atoms with van der Waals surface area (Å²) in [5, 5.41) is 18.1. The SMILES string of the molecule is Cn1c(O)c(C=NCCCO)sc1=S. The lowest BCUT2D eigenvalue weighted by Gasteiger charge is -1.93. The van der Waals surface area contributed by atoms with Crippen molar-refractivity contribution in [3.05, 3.63) is 8.83 Å². The average molecular weight is 232 g/mol. The van der Waals surface area contributed by atoms with Crippen LogP contribution in [0.3, 0.4) is 0 Å². The van der Waals surface area contributed by atoms with Crippen molar-refractivity contribution in [3.8, 4) is 5.88 Å². The second kappa shape index (κ2) is 5.23. The fourth-order valence-corrected chi connectivity index (χ4v) is 1.98. The molecule has 0 aliphatic carbocycles. The van der Waals surface area contributed by atoms with Gasteiger partial charge in [0.25, 0.3) is 0 Å². The molecule has 0 unspecified atom stereocenters. The zero-order chi connectivity index (χ0) is 10.6. The van der Waals surface area contributed by atoms with Gasteiger partial charge in [-0.1, -0.05) is 11.3 Å². The van der Waals surface area contributed by atoms with Gasteiger partial charge in [0.1, 0.15) is 4.88 Å². The van der Waals surface area contributed by atoms with E-state index >= 15 is 0 Å². The Kier molecular flexibility index (Phi) is 4.24. The maximum absolute atomic E-state index is 9.54. The van der Waals surface area contributed by atoms with E-state index in [1.165, 1.54) is 15.9 Å². The summed E-state index contributed by atoms with van der Waals surface area (Å²) in [5.41, 5.74) is 0. The number of aromatic nitrogens is 1. The van der Waals surface area contributed by atoms with E-state index in [1.807, 2.05) is 0 Å². The fourth-order valence-electron chi connectivity index (χ4n) is 0.853. The van der Waals surface area contributed by atoms with E-state index in [2.05, 4.69) is 4.99 Å². The minimum atomic E-state index is 0.133. The molecule has 6 heteroatoms. The standard InChI is InChI=1S/C8H12N2O2S2/c1-10-7(12)6(14-8(10)13)5-9-3-2-4-11/h5,11-12H,2-4H2,1H3. The molecular weight excluding hydrogens is 220 g/mol. The van der Waals surface area contributed by atoms with Gasteiger partial charge in [0, 0.05) is 26.4 Å². The molecule has 1 rings (SSSR count). The first kappa shape index (κ1) is 11.4. The Hall–Kier alpha value is -0.720. The maximum Gasteiger partial charge on any atom is 0.211 e. The summed E-state index contributed by atoms with van der Waals surface area (Å²) in [6.45, 7) is 0.693. The van der Waals surface area contributed by atoms with Crippen molar-refractivity contribution in [1.82, 2.24) is 4.57 Å². The van der Waals surface area contributed by atoms with Crippen molar-refractivity contribution in [2.24, 2.45) is 12.0 Å². The van der Waals surface area contributed by atoms with Crippen molar-refractivity contribution in [1.29, 1.82) is 0 Å². The Balaban J connectivity index is 2.72. The van der Waals surface area contributed by atoms with Gasteiger partial charge in [-0.15, -0.1) is 0 Å². The number of thiazole rings is 1. The van der Waals surface area contributed by atoms with Crippen LogP contribution in [0.1, 0.15) is 11.3 Å². The van der Waals surface area contributed by atoms with Gasteiger partial charge in [0.15, 0.2) is 3.95 Å². The topological polar surface area (TPSA) is 57.8 Å². The zero-order valence-corrected chi connectivity index (χ0v) is 9.44. The van der Waals surface area contributed by atoms with Gasteiger partial charge in [-0.25, -0.2) is 0 Å². The quantitative estimate of drug-likeness (QED) is 0.468. The van der Waals surface area contributed by atoms with Crippen LogP contribution in [0.5, 0.6) is 5.88 Å². The van der Waals surface area contributed by atoms with E-state index in [4.69, 9.17) is 17.3 Å². The van der Waals surface area contributed by atoms with E-state index in [-0.39, 0.29) is 12.5 Å². The number of aliphatic imine (C=N–C) groups is 1.